The number of H-pyrrole nitrogens is 1. The van der Waals surface area contributed by atoms with Crippen LogP contribution in [0, 0.1) is 19.8 Å². The lowest BCUT2D eigenvalue weighted by atomic mass is 9.93. The fourth-order valence-electron chi connectivity index (χ4n) is 4.11. The molecule has 2 saturated heterocycles. The molecule has 0 aliphatic carbocycles. The second kappa shape index (κ2) is 7.76. The normalized spacial score (nSPS) is 21.4. The standard InChI is InChI=1S/C20H27N5O2/c1-13-12-21-19(22-13)17-11-16(23-14(2)24-17)18-5-3-4-8-25(18)20(26)15-6-9-27-10-7-15/h11-12,15,18H,3-10H2,1-2H3,(H,21,22). The van der Waals surface area contributed by atoms with E-state index in [4.69, 9.17) is 9.72 Å². The molecule has 7 nitrogen and oxygen atoms in total. The van der Waals surface area contributed by atoms with Crippen LogP contribution in [0.2, 0.25) is 0 Å². The molecule has 2 fully saturated rings. The maximum absolute atomic E-state index is 13.2. The number of ether oxygens (including phenoxy) is 1. The summed E-state index contributed by atoms with van der Waals surface area (Å²) in [6, 6.07) is 2.01. The summed E-state index contributed by atoms with van der Waals surface area (Å²) in [6.07, 6.45) is 6.56. The number of hydrogen-bond acceptors (Lipinski definition) is 5. The summed E-state index contributed by atoms with van der Waals surface area (Å²) in [5.41, 5.74) is 2.71. The first-order valence-electron chi connectivity index (χ1n) is 9.87. The molecule has 4 heterocycles. The van der Waals surface area contributed by atoms with E-state index in [2.05, 4.69) is 19.9 Å². The molecule has 2 aromatic heterocycles. The van der Waals surface area contributed by atoms with E-state index in [1.54, 1.807) is 6.20 Å². The Kier molecular flexibility index (Phi) is 5.20. The predicted molar refractivity (Wildman–Crippen MR) is 101 cm³/mol. The number of aromatic amines is 1. The van der Waals surface area contributed by atoms with Crippen molar-refractivity contribution in [2.75, 3.05) is 19.8 Å². The Balaban J connectivity index is 1.63. The van der Waals surface area contributed by atoms with Crippen LogP contribution < -0.4 is 0 Å². The summed E-state index contributed by atoms with van der Waals surface area (Å²) in [7, 11) is 0. The Hall–Kier alpha value is -2.28. The minimum absolute atomic E-state index is 0.0191. The number of carbonyl (C=O) groups excluding carboxylic acids is 1. The maximum atomic E-state index is 13.2. The van der Waals surface area contributed by atoms with Crippen LogP contribution in [-0.2, 0) is 9.53 Å². The third-order valence-corrected chi connectivity index (χ3v) is 5.50. The third-order valence-electron chi connectivity index (χ3n) is 5.50. The summed E-state index contributed by atoms with van der Waals surface area (Å²) < 4.78 is 5.43. The molecule has 0 saturated carbocycles. The largest absolute Gasteiger partial charge is 0.381 e. The minimum atomic E-state index is 0.0191. The molecule has 1 amide bonds. The highest BCUT2D eigenvalue weighted by Crippen LogP contribution is 2.33. The van der Waals surface area contributed by atoms with E-state index >= 15 is 0 Å². The van der Waals surface area contributed by atoms with Gasteiger partial charge in [-0.05, 0) is 52.0 Å². The average molecular weight is 369 g/mol. The van der Waals surface area contributed by atoms with Gasteiger partial charge in [0.1, 0.15) is 11.5 Å². The van der Waals surface area contributed by atoms with Crippen molar-refractivity contribution in [1.82, 2.24) is 24.8 Å². The molecule has 1 N–H and O–H groups in total. The summed E-state index contributed by atoms with van der Waals surface area (Å²) in [6.45, 7) is 6.04. The monoisotopic (exact) mass is 369 g/mol. The van der Waals surface area contributed by atoms with Gasteiger partial charge in [0.15, 0.2) is 5.82 Å². The molecule has 0 aromatic carbocycles. The molecule has 2 aliphatic heterocycles. The predicted octanol–water partition coefficient (Wildman–Crippen LogP) is 2.96. The SMILES string of the molecule is Cc1nc(-c2ncc(C)[nH]2)cc(C2CCCCN2C(=O)C2CCOCC2)n1. The van der Waals surface area contributed by atoms with Gasteiger partial charge in [0.05, 0.1) is 11.7 Å². The van der Waals surface area contributed by atoms with Crippen molar-refractivity contribution >= 4 is 5.91 Å². The van der Waals surface area contributed by atoms with E-state index in [9.17, 15) is 4.79 Å². The number of hydrogen-bond donors (Lipinski definition) is 1. The quantitative estimate of drug-likeness (QED) is 0.899. The Morgan fingerprint density at radius 1 is 1.19 bits per heavy atom. The van der Waals surface area contributed by atoms with Crippen LogP contribution in [0.5, 0.6) is 0 Å². The van der Waals surface area contributed by atoms with Gasteiger partial charge in [-0.1, -0.05) is 0 Å². The number of rotatable bonds is 3. The van der Waals surface area contributed by atoms with Gasteiger partial charge in [-0.3, -0.25) is 4.79 Å². The number of aryl methyl sites for hydroxylation is 2. The second-order valence-corrected chi connectivity index (χ2v) is 7.57. The molecule has 7 heteroatoms. The van der Waals surface area contributed by atoms with Gasteiger partial charge < -0.3 is 14.6 Å². The van der Waals surface area contributed by atoms with Gasteiger partial charge in [-0.25, -0.2) is 15.0 Å². The summed E-state index contributed by atoms with van der Waals surface area (Å²) >= 11 is 0. The second-order valence-electron chi connectivity index (χ2n) is 7.57. The molecule has 1 atom stereocenters. The molecular weight excluding hydrogens is 342 g/mol. The van der Waals surface area contributed by atoms with Crippen LogP contribution in [0.3, 0.4) is 0 Å². The van der Waals surface area contributed by atoms with Crippen molar-refractivity contribution in [2.45, 2.75) is 52.0 Å². The third kappa shape index (κ3) is 3.88. The number of imidazole rings is 1. The zero-order valence-corrected chi connectivity index (χ0v) is 16.1. The van der Waals surface area contributed by atoms with Crippen LogP contribution in [-0.4, -0.2) is 50.5 Å². The van der Waals surface area contributed by atoms with Gasteiger partial charge in [0, 0.05) is 37.6 Å². The minimum Gasteiger partial charge on any atom is -0.381 e. The van der Waals surface area contributed by atoms with E-state index < -0.39 is 0 Å². The van der Waals surface area contributed by atoms with Gasteiger partial charge >= 0.3 is 0 Å². The Labute approximate surface area is 159 Å². The Morgan fingerprint density at radius 3 is 2.74 bits per heavy atom. The lowest BCUT2D eigenvalue weighted by molar-refractivity contribution is -0.142. The first kappa shape index (κ1) is 18.1. The fraction of sp³-hybridized carbons (Fsp3) is 0.600. The Morgan fingerprint density at radius 2 is 2.00 bits per heavy atom. The number of carbonyl (C=O) groups is 1. The molecule has 27 heavy (non-hydrogen) atoms. The zero-order chi connectivity index (χ0) is 18.8. The molecule has 2 aromatic rings. The van der Waals surface area contributed by atoms with Crippen LogP contribution in [0.1, 0.15) is 55.4 Å². The van der Waals surface area contributed by atoms with E-state index in [1.165, 1.54) is 0 Å². The van der Waals surface area contributed by atoms with E-state index in [0.717, 1.165) is 61.6 Å². The molecule has 0 bridgehead atoms. The lowest BCUT2D eigenvalue weighted by Gasteiger charge is -2.38. The maximum Gasteiger partial charge on any atom is 0.226 e. The van der Waals surface area contributed by atoms with E-state index in [1.807, 2.05) is 19.9 Å². The number of nitrogens with zero attached hydrogens (tertiary/aromatic N) is 4. The topological polar surface area (TPSA) is 84.0 Å². The highest BCUT2D eigenvalue weighted by molar-refractivity contribution is 5.79. The van der Waals surface area contributed by atoms with Gasteiger partial charge in [-0.15, -0.1) is 0 Å². The molecule has 2 aliphatic rings. The molecule has 0 radical (unpaired) electrons. The molecule has 144 valence electrons. The van der Waals surface area contributed by atoms with Crippen molar-refractivity contribution in [3.05, 3.63) is 29.5 Å². The van der Waals surface area contributed by atoms with Crippen molar-refractivity contribution in [2.24, 2.45) is 5.92 Å². The summed E-state index contributed by atoms with van der Waals surface area (Å²) in [5.74, 6) is 1.79. The van der Waals surface area contributed by atoms with Crippen LogP contribution in [0.4, 0.5) is 0 Å². The molecule has 4 rings (SSSR count). The van der Waals surface area contributed by atoms with E-state index in [-0.39, 0.29) is 17.9 Å². The van der Waals surface area contributed by atoms with Crippen molar-refractivity contribution in [3.8, 4) is 11.5 Å². The number of aromatic nitrogens is 4. The molecule has 0 spiro atoms. The number of amides is 1. The van der Waals surface area contributed by atoms with Crippen molar-refractivity contribution in [3.63, 3.8) is 0 Å². The smallest absolute Gasteiger partial charge is 0.226 e. The van der Waals surface area contributed by atoms with Gasteiger partial charge in [0.2, 0.25) is 5.91 Å². The van der Waals surface area contributed by atoms with Crippen LogP contribution in [0.15, 0.2) is 12.3 Å². The lowest BCUT2D eigenvalue weighted by Crippen LogP contribution is -2.43. The highest BCUT2D eigenvalue weighted by Gasteiger charge is 2.34. The molecular formula is C20H27N5O2. The van der Waals surface area contributed by atoms with Crippen LogP contribution >= 0.6 is 0 Å². The van der Waals surface area contributed by atoms with Crippen molar-refractivity contribution in [1.29, 1.82) is 0 Å². The fourth-order valence-corrected chi connectivity index (χ4v) is 4.11. The Bertz CT molecular complexity index is 812. The molecule has 1 unspecified atom stereocenters. The van der Waals surface area contributed by atoms with E-state index in [0.29, 0.717) is 19.0 Å². The van der Waals surface area contributed by atoms with Gasteiger partial charge in [-0.2, -0.15) is 0 Å². The first-order valence-corrected chi connectivity index (χ1v) is 9.87. The number of piperidine rings is 1. The highest BCUT2D eigenvalue weighted by atomic mass is 16.5. The van der Waals surface area contributed by atoms with Gasteiger partial charge in [0.25, 0.3) is 0 Å². The average Bonchev–Trinajstić information content (AvgIpc) is 3.14. The summed E-state index contributed by atoms with van der Waals surface area (Å²) in [5, 5.41) is 0. The summed E-state index contributed by atoms with van der Waals surface area (Å²) in [4.78, 5) is 32.1. The van der Waals surface area contributed by atoms with Crippen LogP contribution in [0.25, 0.3) is 11.5 Å². The number of nitrogens with one attached hydrogen (secondary N) is 1. The number of likely N-dealkylation sites (tertiary alicyclic amines) is 1. The first-order chi connectivity index (χ1) is 13.1. The zero-order valence-electron chi connectivity index (χ0n) is 16.1. The van der Waals surface area contributed by atoms with Crippen molar-refractivity contribution < 1.29 is 9.53 Å².